The molecule has 0 aliphatic carbocycles. The Kier molecular flexibility index (Phi) is 7.76. The maximum Gasteiger partial charge on any atom is 0.160 e. The molecule has 0 N–H and O–H groups in total. The summed E-state index contributed by atoms with van der Waals surface area (Å²) in [6.07, 6.45) is 9.82. The van der Waals surface area contributed by atoms with E-state index in [1.165, 1.54) is 0 Å². The number of para-hydroxylation sites is 2. The molecule has 0 unspecified atom stereocenters. The minimum absolute atomic E-state index is 0.623. The van der Waals surface area contributed by atoms with Gasteiger partial charge >= 0.3 is 0 Å². The molecular weight excluding hydrogens is 625 g/mol. The Labute approximate surface area is 296 Å². The third-order valence-electron chi connectivity index (χ3n) is 9.10. The molecule has 0 saturated carbocycles. The van der Waals surface area contributed by atoms with Crippen LogP contribution in [0.1, 0.15) is 11.1 Å². The fourth-order valence-electron chi connectivity index (χ4n) is 6.53. The summed E-state index contributed by atoms with van der Waals surface area (Å²) in [4.78, 5) is 19.3. The fourth-order valence-corrected chi connectivity index (χ4v) is 6.53. The van der Waals surface area contributed by atoms with Crippen LogP contribution in [0.5, 0.6) is 11.5 Å². The monoisotopic (exact) mass is 654 g/mol. The Morgan fingerprint density at radius 2 is 1.00 bits per heavy atom. The Morgan fingerprint density at radius 1 is 0.392 bits per heavy atom. The smallest absolute Gasteiger partial charge is 0.160 e. The second-order valence-corrected chi connectivity index (χ2v) is 12.3. The summed E-state index contributed by atoms with van der Waals surface area (Å²) < 4.78 is 6.76. The zero-order valence-corrected chi connectivity index (χ0v) is 27.5. The van der Waals surface area contributed by atoms with E-state index >= 15 is 0 Å². The average Bonchev–Trinajstić information content (AvgIpc) is 3.23. The van der Waals surface area contributed by atoms with Gasteiger partial charge in [0, 0.05) is 52.0 Å². The summed E-state index contributed by atoms with van der Waals surface area (Å²) in [5, 5.41) is 0. The highest BCUT2D eigenvalue weighted by atomic mass is 16.5. The van der Waals surface area contributed by atoms with Crippen LogP contribution in [0.4, 0.5) is 0 Å². The van der Waals surface area contributed by atoms with Gasteiger partial charge in [-0.2, -0.15) is 0 Å². The molecule has 1 aliphatic heterocycles. The van der Waals surface area contributed by atoms with Crippen molar-refractivity contribution in [3.63, 3.8) is 0 Å². The third kappa shape index (κ3) is 5.98. The van der Waals surface area contributed by atoms with Crippen molar-refractivity contribution in [3.8, 4) is 78.9 Å². The molecule has 9 rings (SSSR count). The van der Waals surface area contributed by atoms with Gasteiger partial charge in [-0.05, 0) is 70.8 Å². The van der Waals surface area contributed by atoms with Crippen LogP contribution in [-0.2, 0) is 0 Å². The quantitative estimate of drug-likeness (QED) is 0.189. The number of fused-ring (bicyclic) bond motifs is 6. The van der Waals surface area contributed by atoms with Gasteiger partial charge in [-0.15, -0.1) is 0 Å². The number of rotatable bonds is 4. The first-order valence-electron chi connectivity index (χ1n) is 16.9. The molecule has 1 aliphatic rings. The van der Waals surface area contributed by atoms with Crippen LogP contribution in [0.25, 0.3) is 79.6 Å². The summed E-state index contributed by atoms with van der Waals surface area (Å²) in [7, 11) is 0. The Bertz CT molecular complexity index is 2550. The normalized spacial score (nSPS) is 11.6. The first kappa shape index (κ1) is 30.1. The molecule has 5 heteroatoms. The van der Waals surface area contributed by atoms with E-state index in [1.54, 1.807) is 6.20 Å². The molecular formula is C46H30N4O. The van der Waals surface area contributed by atoms with E-state index < -0.39 is 0 Å². The second kappa shape index (κ2) is 13.1. The highest BCUT2D eigenvalue weighted by Crippen LogP contribution is 2.42. The zero-order chi connectivity index (χ0) is 34.0. The van der Waals surface area contributed by atoms with E-state index in [4.69, 9.17) is 19.7 Å². The second-order valence-electron chi connectivity index (χ2n) is 12.3. The van der Waals surface area contributed by atoms with Gasteiger partial charge in [-0.3, -0.25) is 9.97 Å². The van der Waals surface area contributed by atoms with E-state index in [1.807, 2.05) is 79.1 Å². The number of aromatic nitrogens is 4. The van der Waals surface area contributed by atoms with Crippen molar-refractivity contribution in [3.05, 3.63) is 181 Å². The molecule has 5 nitrogen and oxygen atoms in total. The van der Waals surface area contributed by atoms with Gasteiger partial charge in [-0.25, -0.2) is 9.97 Å². The number of benzene rings is 5. The van der Waals surface area contributed by atoms with E-state index in [2.05, 4.69) is 102 Å². The molecule has 8 aromatic rings. The molecule has 0 saturated heterocycles. The number of nitrogens with zero attached hydrogens (tertiary/aromatic N) is 4. The van der Waals surface area contributed by atoms with Crippen LogP contribution in [0.15, 0.2) is 170 Å². The molecule has 0 spiro atoms. The molecule has 0 radical (unpaired) electrons. The zero-order valence-electron chi connectivity index (χ0n) is 27.5. The summed E-state index contributed by atoms with van der Waals surface area (Å²) in [5.41, 5.74) is 12.6. The Balaban J connectivity index is 1.21. The van der Waals surface area contributed by atoms with Crippen LogP contribution in [-0.4, -0.2) is 19.9 Å². The molecule has 0 bridgehead atoms. The number of hydrogen-bond donors (Lipinski definition) is 0. The van der Waals surface area contributed by atoms with Crippen LogP contribution in [0.3, 0.4) is 0 Å². The molecule has 51 heavy (non-hydrogen) atoms. The van der Waals surface area contributed by atoms with Crippen LogP contribution < -0.4 is 4.74 Å². The Morgan fingerprint density at radius 3 is 1.73 bits per heavy atom. The highest BCUT2D eigenvalue weighted by Gasteiger charge is 2.18. The Hall–Kier alpha value is -6.98. The first-order chi connectivity index (χ1) is 25.3. The standard InChI is InChI=1S/C46H30N4O/c1-2-12-33(13-3-1)42-28-43(36-24-25-41(48-30-36)35-14-10-26-47-29-35)50-46(49-42)34-23-22-32-21-20-31-11-4-5-15-37(31)38-16-6-8-18-44(38)51-45-19-9-7-17-39(45)40(32)27-34/h1-30H. The predicted octanol–water partition coefficient (Wildman–Crippen LogP) is 11.5. The van der Waals surface area contributed by atoms with E-state index in [0.717, 1.165) is 84.2 Å². The maximum atomic E-state index is 6.76. The van der Waals surface area contributed by atoms with Crippen molar-refractivity contribution >= 4 is 12.2 Å². The molecule has 0 amide bonds. The van der Waals surface area contributed by atoms with Crippen molar-refractivity contribution in [1.82, 2.24) is 19.9 Å². The summed E-state index contributed by atoms with van der Waals surface area (Å²) >= 11 is 0. The molecule has 240 valence electrons. The van der Waals surface area contributed by atoms with E-state index in [-0.39, 0.29) is 0 Å². The minimum Gasteiger partial charge on any atom is -0.456 e. The summed E-state index contributed by atoms with van der Waals surface area (Å²) in [5.74, 6) is 2.20. The molecule has 0 fully saturated rings. The SMILES string of the molecule is C1=Cc2ccc(-c3nc(-c4ccccc4)cc(-c4ccc(-c5cccnc5)nc4)n3)cc2-c2ccccc2Oc2ccccc2-c2ccccc21. The number of hydrogen-bond acceptors (Lipinski definition) is 5. The fraction of sp³-hybridized carbons (Fsp3) is 0. The van der Waals surface area contributed by atoms with Crippen LogP contribution in [0, 0.1) is 0 Å². The van der Waals surface area contributed by atoms with Gasteiger partial charge in [-0.1, -0.05) is 115 Å². The lowest BCUT2D eigenvalue weighted by Crippen LogP contribution is -1.97. The highest BCUT2D eigenvalue weighted by molar-refractivity contribution is 5.90. The van der Waals surface area contributed by atoms with Crippen molar-refractivity contribution in [2.45, 2.75) is 0 Å². The number of ether oxygens (including phenoxy) is 1. The average molecular weight is 655 g/mol. The largest absolute Gasteiger partial charge is 0.456 e. The lowest BCUT2D eigenvalue weighted by Gasteiger charge is -2.16. The van der Waals surface area contributed by atoms with Gasteiger partial charge in [0.05, 0.1) is 17.1 Å². The van der Waals surface area contributed by atoms with Crippen molar-refractivity contribution in [1.29, 1.82) is 0 Å². The lowest BCUT2D eigenvalue weighted by atomic mass is 9.94. The van der Waals surface area contributed by atoms with E-state index in [0.29, 0.717) is 5.82 Å². The molecule has 4 heterocycles. The van der Waals surface area contributed by atoms with Crippen LogP contribution >= 0.6 is 0 Å². The topological polar surface area (TPSA) is 60.8 Å². The molecule has 0 atom stereocenters. The molecule has 3 aromatic heterocycles. The maximum absolute atomic E-state index is 6.76. The van der Waals surface area contributed by atoms with Crippen molar-refractivity contribution in [2.24, 2.45) is 0 Å². The summed E-state index contributed by atoms with van der Waals surface area (Å²) in [6, 6.07) is 51.5. The molecule has 5 aromatic carbocycles. The summed E-state index contributed by atoms with van der Waals surface area (Å²) in [6.45, 7) is 0. The first-order valence-corrected chi connectivity index (χ1v) is 16.9. The van der Waals surface area contributed by atoms with E-state index in [9.17, 15) is 0 Å². The minimum atomic E-state index is 0.623. The van der Waals surface area contributed by atoms with Gasteiger partial charge in [0.25, 0.3) is 0 Å². The van der Waals surface area contributed by atoms with Crippen molar-refractivity contribution in [2.75, 3.05) is 0 Å². The lowest BCUT2D eigenvalue weighted by molar-refractivity contribution is 0.486. The van der Waals surface area contributed by atoms with Gasteiger partial charge in [0.2, 0.25) is 0 Å². The number of pyridine rings is 2. The van der Waals surface area contributed by atoms with Gasteiger partial charge < -0.3 is 4.74 Å². The predicted molar refractivity (Wildman–Crippen MR) is 206 cm³/mol. The van der Waals surface area contributed by atoms with Crippen LogP contribution in [0.2, 0.25) is 0 Å². The third-order valence-corrected chi connectivity index (χ3v) is 9.10. The van der Waals surface area contributed by atoms with Gasteiger partial charge in [0.15, 0.2) is 5.82 Å². The van der Waals surface area contributed by atoms with Crippen molar-refractivity contribution < 1.29 is 4.74 Å². The van der Waals surface area contributed by atoms with Gasteiger partial charge in [0.1, 0.15) is 11.5 Å².